The number of hydrogen-bond donors (Lipinski definition) is 3. The van der Waals surface area contributed by atoms with Crippen LogP contribution in [0.1, 0.15) is 91.1 Å². The fraction of sp³-hybridized carbons (Fsp3) is 0.457. The molecule has 2 aromatic carbocycles. The molecule has 14 heteroatoms. The monoisotopic (exact) mass is 816 g/mol. The molecule has 0 spiro atoms. The Morgan fingerprint density at radius 3 is 1.90 bits per heavy atom. The molecule has 7 rings (SSSR count). The molecule has 3 aliphatic rings. The molecule has 1 unspecified atom stereocenters. The molecule has 2 saturated heterocycles. The van der Waals surface area contributed by atoms with E-state index in [4.69, 9.17) is 24.4 Å². The molecule has 2 aromatic heterocycles. The first-order chi connectivity index (χ1) is 28.8. The van der Waals surface area contributed by atoms with Crippen molar-refractivity contribution in [1.82, 2.24) is 35.4 Å². The van der Waals surface area contributed by atoms with E-state index in [9.17, 15) is 19.2 Å². The highest BCUT2D eigenvalue weighted by molar-refractivity contribution is 6.04. The van der Waals surface area contributed by atoms with E-state index in [1.165, 1.54) is 14.2 Å². The van der Waals surface area contributed by atoms with Gasteiger partial charge in [0.15, 0.2) is 0 Å². The zero-order chi connectivity index (χ0) is 42.8. The van der Waals surface area contributed by atoms with Crippen molar-refractivity contribution in [2.24, 2.45) is 16.8 Å². The average molecular weight is 817 g/mol. The first kappa shape index (κ1) is 42.1. The Labute approximate surface area is 351 Å². The SMILES string of the molecule is COC(=O)N[C@H](C(=O)N1C(C2=NC=C(c3ccc(-c4ccc5nc(-c6cnc([C@@H]7CC[C@H](C)N7C(=O)[C@@H](NC(=O)OC)C(C)C)[nH]6)ccc5c4)cc3)C2)CC[C@@H]1C)C(C)C. The van der Waals surface area contributed by atoms with Crippen LogP contribution in [0.15, 0.2) is 72.0 Å². The number of nitrogens with one attached hydrogen (secondary N) is 3. The number of carbonyl (C=O) groups excluding carboxylic acids is 4. The van der Waals surface area contributed by atoms with Crippen LogP contribution in [0, 0.1) is 11.8 Å². The van der Waals surface area contributed by atoms with Crippen LogP contribution < -0.4 is 10.6 Å². The van der Waals surface area contributed by atoms with Crippen LogP contribution in [0.4, 0.5) is 9.59 Å². The molecule has 316 valence electrons. The van der Waals surface area contributed by atoms with E-state index < -0.39 is 24.3 Å². The molecule has 2 fully saturated rings. The number of likely N-dealkylation sites (tertiary alicyclic amines) is 2. The largest absolute Gasteiger partial charge is 0.453 e. The number of carbonyl (C=O) groups is 4. The number of pyridine rings is 1. The quantitative estimate of drug-likeness (QED) is 0.138. The van der Waals surface area contributed by atoms with Crippen LogP contribution in [0.5, 0.6) is 0 Å². The lowest BCUT2D eigenvalue weighted by Crippen LogP contribution is -2.55. The Morgan fingerprint density at radius 2 is 1.30 bits per heavy atom. The van der Waals surface area contributed by atoms with Crippen molar-refractivity contribution in [3.05, 3.63) is 78.4 Å². The number of imidazole rings is 1. The van der Waals surface area contributed by atoms with E-state index in [0.717, 1.165) is 75.9 Å². The summed E-state index contributed by atoms with van der Waals surface area (Å²) >= 11 is 0. The number of methoxy groups -OCH3 is 2. The normalized spacial score (nSPS) is 21.2. The van der Waals surface area contributed by atoms with Crippen molar-refractivity contribution in [2.45, 2.75) is 110 Å². The predicted molar refractivity (Wildman–Crippen MR) is 231 cm³/mol. The number of fused-ring (bicyclic) bond motifs is 1. The number of rotatable bonds is 11. The van der Waals surface area contributed by atoms with Gasteiger partial charge in [0.2, 0.25) is 11.8 Å². The van der Waals surface area contributed by atoms with Gasteiger partial charge in [0.05, 0.1) is 49.4 Å². The smallest absolute Gasteiger partial charge is 0.407 e. The minimum Gasteiger partial charge on any atom is -0.453 e. The summed E-state index contributed by atoms with van der Waals surface area (Å²) in [5, 5.41) is 6.46. The summed E-state index contributed by atoms with van der Waals surface area (Å²) in [4.78, 5) is 73.4. The van der Waals surface area contributed by atoms with Crippen LogP contribution in [0.2, 0.25) is 0 Å². The number of alkyl carbamates (subject to hydrolysis) is 2. The van der Waals surface area contributed by atoms with Gasteiger partial charge in [-0.25, -0.2) is 19.6 Å². The Kier molecular flexibility index (Phi) is 12.4. The number of H-pyrrole nitrogens is 1. The molecule has 4 amide bonds. The Bertz CT molecular complexity index is 2320. The summed E-state index contributed by atoms with van der Waals surface area (Å²) in [6.07, 6.45) is 6.37. The molecule has 0 aliphatic carbocycles. The van der Waals surface area contributed by atoms with Gasteiger partial charge in [0.1, 0.15) is 17.9 Å². The molecule has 0 radical (unpaired) electrons. The van der Waals surface area contributed by atoms with Gasteiger partial charge in [-0.3, -0.25) is 14.6 Å². The Morgan fingerprint density at radius 1 is 0.733 bits per heavy atom. The summed E-state index contributed by atoms with van der Waals surface area (Å²) in [5.41, 5.74) is 7.65. The van der Waals surface area contributed by atoms with Crippen LogP contribution in [-0.4, -0.2) is 98.9 Å². The first-order valence-corrected chi connectivity index (χ1v) is 20.9. The molecule has 0 saturated carbocycles. The fourth-order valence-corrected chi connectivity index (χ4v) is 8.82. The lowest BCUT2D eigenvalue weighted by molar-refractivity contribution is -0.137. The van der Waals surface area contributed by atoms with E-state index in [-0.39, 0.29) is 47.8 Å². The molecule has 4 aromatic rings. The molecule has 5 heterocycles. The molecule has 3 N–H and O–H groups in total. The van der Waals surface area contributed by atoms with Crippen LogP contribution in [-0.2, 0) is 19.1 Å². The molecular weight excluding hydrogens is 761 g/mol. The fourth-order valence-electron chi connectivity index (χ4n) is 8.82. The van der Waals surface area contributed by atoms with E-state index in [2.05, 4.69) is 65.0 Å². The topological polar surface area (TPSA) is 171 Å². The second kappa shape index (κ2) is 17.7. The zero-order valence-corrected chi connectivity index (χ0v) is 35.7. The van der Waals surface area contributed by atoms with E-state index in [1.54, 1.807) is 6.20 Å². The van der Waals surface area contributed by atoms with E-state index in [0.29, 0.717) is 12.2 Å². The Balaban J connectivity index is 1.01. The van der Waals surface area contributed by atoms with Crippen molar-refractivity contribution < 1.29 is 28.7 Å². The Hall–Kier alpha value is -6.05. The number of amides is 4. The molecule has 14 nitrogen and oxygen atoms in total. The van der Waals surface area contributed by atoms with Crippen molar-refractivity contribution in [2.75, 3.05) is 14.2 Å². The zero-order valence-electron chi connectivity index (χ0n) is 35.7. The lowest BCUT2D eigenvalue weighted by atomic mass is 9.95. The predicted octanol–water partition coefficient (Wildman–Crippen LogP) is 7.67. The van der Waals surface area contributed by atoms with Gasteiger partial charge in [-0.15, -0.1) is 0 Å². The molecular formula is C46H56N8O6. The van der Waals surface area contributed by atoms with Gasteiger partial charge in [0, 0.05) is 35.8 Å². The van der Waals surface area contributed by atoms with Crippen LogP contribution >= 0.6 is 0 Å². The van der Waals surface area contributed by atoms with Gasteiger partial charge >= 0.3 is 12.2 Å². The highest BCUT2D eigenvalue weighted by Gasteiger charge is 2.43. The number of allylic oxidation sites excluding steroid dienone is 1. The third kappa shape index (κ3) is 8.50. The van der Waals surface area contributed by atoms with E-state index in [1.807, 2.05) is 62.8 Å². The van der Waals surface area contributed by atoms with E-state index >= 15 is 0 Å². The number of hydrogen-bond acceptors (Lipinski definition) is 9. The van der Waals surface area contributed by atoms with Gasteiger partial charge in [-0.1, -0.05) is 64.1 Å². The first-order valence-electron chi connectivity index (χ1n) is 20.9. The number of nitrogens with zero attached hydrogens (tertiary/aromatic N) is 5. The third-order valence-corrected chi connectivity index (χ3v) is 12.2. The molecule has 3 aliphatic heterocycles. The van der Waals surface area contributed by atoms with Crippen LogP contribution in [0.3, 0.4) is 0 Å². The number of aromatic amines is 1. The standard InChI is InChI=1S/C46H56N8O6/c1-25(2)40(51-45(57)59-7)43(55)53-27(5)9-19-38(53)36-22-33(23-47-36)30-13-11-29(12-14-30)31-15-17-34-32(21-31)16-18-35(49-34)37-24-48-42(50-37)39-20-10-28(6)54(39)44(56)41(26(3)4)52-46(58)60-8/h11-18,21,23-28,38-41H,9-10,19-20,22H2,1-8H3,(H,48,50)(H,51,57)(H,52,58)/t27-,28-,38?,39-,40-,41-/m0/s1. The summed E-state index contributed by atoms with van der Waals surface area (Å²) in [5.74, 6) is 0.207. The maximum Gasteiger partial charge on any atom is 0.407 e. The number of benzene rings is 2. The second-order valence-electron chi connectivity index (χ2n) is 16.9. The number of aliphatic imine (C=N–C) groups is 1. The average Bonchev–Trinajstić information content (AvgIpc) is 4.08. The lowest BCUT2D eigenvalue weighted by Gasteiger charge is -2.33. The number of aromatic nitrogens is 3. The minimum atomic E-state index is -0.715. The maximum absolute atomic E-state index is 13.8. The highest BCUT2D eigenvalue weighted by atomic mass is 16.5. The summed E-state index contributed by atoms with van der Waals surface area (Å²) in [6, 6.07) is 17.0. The third-order valence-electron chi connectivity index (χ3n) is 12.2. The van der Waals surface area contributed by atoms with Crippen LogP contribution in [0.25, 0.3) is 39.0 Å². The van der Waals surface area contributed by atoms with Crippen molar-refractivity contribution in [3.8, 4) is 22.5 Å². The molecule has 6 atom stereocenters. The van der Waals surface area contributed by atoms with Crippen molar-refractivity contribution in [3.63, 3.8) is 0 Å². The minimum absolute atomic E-state index is 0.0129. The summed E-state index contributed by atoms with van der Waals surface area (Å²) in [6.45, 7) is 11.7. The second-order valence-corrected chi connectivity index (χ2v) is 16.9. The number of ether oxygens (including phenoxy) is 2. The van der Waals surface area contributed by atoms with Crippen molar-refractivity contribution >= 4 is 46.2 Å². The summed E-state index contributed by atoms with van der Waals surface area (Å²) in [7, 11) is 2.59. The van der Waals surface area contributed by atoms with Gasteiger partial charge < -0.3 is 34.9 Å². The maximum atomic E-state index is 13.8. The van der Waals surface area contributed by atoms with Gasteiger partial charge in [-0.2, -0.15) is 0 Å². The summed E-state index contributed by atoms with van der Waals surface area (Å²) < 4.78 is 9.59. The van der Waals surface area contributed by atoms with Crippen molar-refractivity contribution in [1.29, 1.82) is 0 Å². The highest BCUT2D eigenvalue weighted by Crippen LogP contribution is 2.37. The van der Waals surface area contributed by atoms with Gasteiger partial charge in [0.25, 0.3) is 0 Å². The van der Waals surface area contributed by atoms with Gasteiger partial charge in [-0.05, 0) is 91.8 Å². The molecule has 0 bridgehead atoms. The molecule has 60 heavy (non-hydrogen) atoms.